The standard InChI is InChI=1S/C12H12NO/c1-3-11-9(2)14-12(13-11)10-7-5-4-6-8-10/h3-8H,1-2H3. The molecule has 14 heavy (non-hydrogen) atoms. The van der Waals surface area contributed by atoms with Crippen LogP contribution in [-0.4, -0.2) is 4.98 Å². The van der Waals surface area contributed by atoms with Gasteiger partial charge in [0.1, 0.15) is 5.76 Å². The van der Waals surface area contributed by atoms with Gasteiger partial charge >= 0.3 is 0 Å². The Hall–Kier alpha value is -1.57. The maximum atomic E-state index is 5.55. The lowest BCUT2D eigenvalue weighted by Gasteiger charge is -1.91. The Bertz CT molecular complexity index is 417. The van der Waals surface area contributed by atoms with Crippen molar-refractivity contribution in [2.75, 3.05) is 0 Å². The predicted octanol–water partition coefficient (Wildman–Crippen LogP) is 3.22. The summed E-state index contributed by atoms with van der Waals surface area (Å²) < 4.78 is 5.55. The van der Waals surface area contributed by atoms with Crippen molar-refractivity contribution in [2.24, 2.45) is 0 Å². The zero-order valence-electron chi connectivity index (χ0n) is 8.32. The Labute approximate surface area is 83.6 Å². The van der Waals surface area contributed by atoms with Gasteiger partial charge in [0.05, 0.1) is 5.69 Å². The largest absolute Gasteiger partial charge is 0.441 e. The molecule has 2 nitrogen and oxygen atoms in total. The molecule has 71 valence electrons. The predicted molar refractivity (Wildman–Crippen MR) is 55.8 cm³/mol. The van der Waals surface area contributed by atoms with Gasteiger partial charge in [-0.25, -0.2) is 4.98 Å². The Kier molecular flexibility index (Phi) is 2.35. The maximum absolute atomic E-state index is 5.55. The highest BCUT2D eigenvalue weighted by atomic mass is 16.4. The molecule has 0 bridgehead atoms. The van der Waals surface area contributed by atoms with E-state index in [0.29, 0.717) is 5.89 Å². The zero-order valence-corrected chi connectivity index (χ0v) is 8.32. The number of aryl methyl sites for hydroxylation is 1. The Morgan fingerprint density at radius 3 is 2.50 bits per heavy atom. The number of benzene rings is 1. The summed E-state index contributed by atoms with van der Waals surface area (Å²) in [6, 6.07) is 9.91. The van der Waals surface area contributed by atoms with Crippen LogP contribution in [0.4, 0.5) is 0 Å². The van der Waals surface area contributed by atoms with E-state index in [1.165, 1.54) is 0 Å². The van der Waals surface area contributed by atoms with E-state index in [1.54, 1.807) is 0 Å². The fourth-order valence-electron chi connectivity index (χ4n) is 1.38. The average Bonchev–Trinajstić information content (AvgIpc) is 2.61. The van der Waals surface area contributed by atoms with Crippen molar-refractivity contribution in [2.45, 2.75) is 13.8 Å². The van der Waals surface area contributed by atoms with Crippen LogP contribution in [0, 0.1) is 13.3 Å². The SMILES string of the molecule is C[CH]c1nc(-c2ccccc2)oc1C. The first-order chi connectivity index (χ1) is 6.81. The Morgan fingerprint density at radius 2 is 1.93 bits per heavy atom. The van der Waals surface area contributed by atoms with E-state index in [9.17, 15) is 0 Å². The summed E-state index contributed by atoms with van der Waals surface area (Å²) in [6.07, 6.45) is 1.95. The summed E-state index contributed by atoms with van der Waals surface area (Å²) in [6.45, 7) is 3.88. The van der Waals surface area contributed by atoms with Crippen molar-refractivity contribution < 1.29 is 4.42 Å². The molecule has 0 aliphatic rings. The van der Waals surface area contributed by atoms with Gasteiger partial charge in [-0.1, -0.05) is 25.1 Å². The smallest absolute Gasteiger partial charge is 0.226 e. The second-order valence-corrected chi connectivity index (χ2v) is 3.12. The van der Waals surface area contributed by atoms with Gasteiger partial charge in [-0.2, -0.15) is 0 Å². The van der Waals surface area contributed by atoms with Gasteiger partial charge in [0.15, 0.2) is 0 Å². The summed E-state index contributed by atoms with van der Waals surface area (Å²) in [5.41, 5.74) is 1.94. The van der Waals surface area contributed by atoms with Crippen LogP contribution in [0.15, 0.2) is 34.7 Å². The molecule has 2 heteroatoms. The monoisotopic (exact) mass is 186 g/mol. The molecule has 0 fully saturated rings. The summed E-state index contributed by atoms with van der Waals surface area (Å²) >= 11 is 0. The first-order valence-corrected chi connectivity index (χ1v) is 4.63. The highest BCUT2D eigenvalue weighted by Crippen LogP contribution is 2.21. The minimum atomic E-state index is 0.691. The molecular formula is C12H12NO. The second-order valence-electron chi connectivity index (χ2n) is 3.12. The first kappa shape index (κ1) is 9.00. The van der Waals surface area contributed by atoms with Crippen LogP contribution in [0.2, 0.25) is 0 Å². The third kappa shape index (κ3) is 1.55. The normalized spacial score (nSPS) is 10.4. The van der Waals surface area contributed by atoms with Crippen LogP contribution in [0.3, 0.4) is 0 Å². The van der Waals surface area contributed by atoms with Gasteiger partial charge in [-0.3, -0.25) is 0 Å². The van der Waals surface area contributed by atoms with Gasteiger partial charge in [0, 0.05) is 12.0 Å². The third-order valence-electron chi connectivity index (χ3n) is 2.13. The number of oxazole rings is 1. The number of nitrogens with zero attached hydrogens (tertiary/aromatic N) is 1. The van der Waals surface area contributed by atoms with Gasteiger partial charge < -0.3 is 4.42 Å². The molecule has 0 saturated heterocycles. The number of aromatic nitrogens is 1. The average molecular weight is 186 g/mol. The number of hydrogen-bond acceptors (Lipinski definition) is 2. The number of hydrogen-bond donors (Lipinski definition) is 0. The van der Waals surface area contributed by atoms with Gasteiger partial charge in [0.25, 0.3) is 0 Å². The van der Waals surface area contributed by atoms with Crippen molar-refractivity contribution in [3.63, 3.8) is 0 Å². The van der Waals surface area contributed by atoms with E-state index in [1.807, 2.05) is 50.6 Å². The van der Waals surface area contributed by atoms with E-state index in [4.69, 9.17) is 4.42 Å². The van der Waals surface area contributed by atoms with Crippen LogP contribution in [0.5, 0.6) is 0 Å². The van der Waals surface area contributed by atoms with Crippen molar-refractivity contribution in [3.05, 3.63) is 48.2 Å². The molecule has 0 aliphatic carbocycles. The lowest BCUT2D eigenvalue weighted by atomic mass is 10.2. The topological polar surface area (TPSA) is 26.0 Å². The molecule has 0 N–H and O–H groups in total. The molecule has 0 amide bonds. The highest BCUT2D eigenvalue weighted by Gasteiger charge is 2.08. The molecule has 0 atom stereocenters. The fourth-order valence-corrected chi connectivity index (χ4v) is 1.38. The summed E-state index contributed by atoms with van der Waals surface area (Å²) in [4.78, 5) is 4.38. The van der Waals surface area contributed by atoms with Crippen LogP contribution >= 0.6 is 0 Å². The van der Waals surface area contributed by atoms with Gasteiger partial charge in [0.2, 0.25) is 5.89 Å². The number of rotatable bonds is 2. The van der Waals surface area contributed by atoms with Crippen molar-refractivity contribution in [1.29, 1.82) is 0 Å². The quantitative estimate of drug-likeness (QED) is 0.719. The minimum absolute atomic E-state index is 0.691. The summed E-state index contributed by atoms with van der Waals surface area (Å²) in [5, 5.41) is 0. The molecule has 1 aromatic heterocycles. The third-order valence-corrected chi connectivity index (χ3v) is 2.13. The fraction of sp³-hybridized carbons (Fsp3) is 0.167. The molecule has 0 unspecified atom stereocenters. The Morgan fingerprint density at radius 1 is 1.21 bits per heavy atom. The lowest BCUT2D eigenvalue weighted by molar-refractivity contribution is 0.541. The molecular weight excluding hydrogens is 174 g/mol. The molecule has 1 radical (unpaired) electrons. The summed E-state index contributed by atoms with van der Waals surface area (Å²) in [5.74, 6) is 1.56. The molecule has 0 aliphatic heterocycles. The van der Waals surface area contributed by atoms with Crippen LogP contribution < -0.4 is 0 Å². The van der Waals surface area contributed by atoms with Crippen LogP contribution in [0.1, 0.15) is 18.4 Å². The molecule has 0 spiro atoms. The van der Waals surface area contributed by atoms with Gasteiger partial charge in [-0.15, -0.1) is 0 Å². The molecule has 1 heterocycles. The molecule has 1 aromatic carbocycles. The van der Waals surface area contributed by atoms with E-state index >= 15 is 0 Å². The van der Waals surface area contributed by atoms with E-state index < -0.39 is 0 Å². The maximum Gasteiger partial charge on any atom is 0.226 e. The summed E-state index contributed by atoms with van der Waals surface area (Å²) in [7, 11) is 0. The second kappa shape index (κ2) is 3.66. The minimum Gasteiger partial charge on any atom is -0.441 e. The van der Waals surface area contributed by atoms with Crippen LogP contribution in [0.25, 0.3) is 11.5 Å². The van der Waals surface area contributed by atoms with Gasteiger partial charge in [-0.05, 0) is 19.1 Å². The van der Waals surface area contributed by atoms with E-state index in [2.05, 4.69) is 4.98 Å². The lowest BCUT2D eigenvalue weighted by Crippen LogP contribution is -1.80. The van der Waals surface area contributed by atoms with Crippen molar-refractivity contribution in [1.82, 2.24) is 4.98 Å². The molecule has 2 rings (SSSR count). The molecule has 0 saturated carbocycles. The highest BCUT2D eigenvalue weighted by molar-refractivity contribution is 5.53. The molecule has 2 aromatic rings. The Balaban J connectivity index is 2.43. The van der Waals surface area contributed by atoms with E-state index in [0.717, 1.165) is 17.0 Å². The van der Waals surface area contributed by atoms with Crippen molar-refractivity contribution >= 4 is 0 Å². The zero-order chi connectivity index (χ0) is 9.97. The first-order valence-electron chi connectivity index (χ1n) is 4.63. The van der Waals surface area contributed by atoms with Crippen LogP contribution in [-0.2, 0) is 0 Å². The van der Waals surface area contributed by atoms with Crippen molar-refractivity contribution in [3.8, 4) is 11.5 Å². The van der Waals surface area contributed by atoms with E-state index in [-0.39, 0.29) is 0 Å².